The maximum absolute atomic E-state index is 13.2. The lowest BCUT2D eigenvalue weighted by Crippen LogP contribution is -2.58. The number of carbonyl (C=O) groups is 1. The molecule has 4 bridgehead atoms. The summed E-state index contributed by atoms with van der Waals surface area (Å²) >= 11 is 4.03. The molecular formula is C24H34BrN3O. The van der Waals surface area contributed by atoms with Crippen molar-refractivity contribution >= 4 is 21.8 Å². The quantitative estimate of drug-likeness (QED) is 0.659. The Hall–Kier alpha value is -0.910. The summed E-state index contributed by atoms with van der Waals surface area (Å²) in [5.41, 5.74) is 1.32. The first-order chi connectivity index (χ1) is 14.0. The molecule has 5 fully saturated rings. The number of rotatable bonds is 6. The van der Waals surface area contributed by atoms with E-state index in [2.05, 4.69) is 61.4 Å². The molecule has 1 aliphatic heterocycles. The number of hydrogen-bond acceptors (Lipinski definition) is 3. The van der Waals surface area contributed by atoms with Gasteiger partial charge in [-0.05, 0) is 55.9 Å². The summed E-state index contributed by atoms with van der Waals surface area (Å²) in [5, 5.41) is 3.34. The van der Waals surface area contributed by atoms with Gasteiger partial charge in [-0.25, -0.2) is 0 Å². The van der Waals surface area contributed by atoms with Gasteiger partial charge < -0.3 is 5.32 Å². The van der Waals surface area contributed by atoms with Gasteiger partial charge in [-0.3, -0.25) is 14.6 Å². The van der Waals surface area contributed by atoms with Crippen LogP contribution >= 0.6 is 15.9 Å². The predicted octanol–water partition coefficient (Wildman–Crippen LogP) is 3.65. The Morgan fingerprint density at radius 2 is 1.66 bits per heavy atom. The number of alkyl halides is 1. The van der Waals surface area contributed by atoms with Crippen LogP contribution in [0.4, 0.5) is 0 Å². The smallest absolute Gasteiger partial charge is 0.226 e. The molecule has 29 heavy (non-hydrogen) atoms. The molecule has 1 aromatic carbocycles. The third kappa shape index (κ3) is 4.28. The molecule has 1 saturated heterocycles. The number of amides is 1. The Balaban J connectivity index is 1.06. The van der Waals surface area contributed by atoms with Gasteiger partial charge >= 0.3 is 0 Å². The number of nitrogens with zero attached hydrogens (tertiary/aromatic N) is 2. The topological polar surface area (TPSA) is 35.6 Å². The number of carbonyl (C=O) groups excluding carboxylic acids is 1. The molecule has 0 aromatic heterocycles. The van der Waals surface area contributed by atoms with E-state index in [1.807, 2.05) is 0 Å². The van der Waals surface area contributed by atoms with Crippen LogP contribution in [0.2, 0.25) is 0 Å². The Kier molecular flexibility index (Phi) is 5.50. The zero-order valence-corrected chi connectivity index (χ0v) is 19.0. The predicted molar refractivity (Wildman–Crippen MR) is 120 cm³/mol. The van der Waals surface area contributed by atoms with Gasteiger partial charge in [0.1, 0.15) is 0 Å². The zero-order valence-electron chi connectivity index (χ0n) is 17.4. The number of piperazine rings is 1. The van der Waals surface area contributed by atoms with Crippen molar-refractivity contribution in [3.8, 4) is 0 Å². The highest BCUT2D eigenvalue weighted by Crippen LogP contribution is 2.64. The summed E-state index contributed by atoms with van der Waals surface area (Å²) in [6.07, 6.45) is 7.23. The minimum absolute atomic E-state index is 0.0814. The van der Waals surface area contributed by atoms with Gasteiger partial charge in [-0.15, -0.1) is 0 Å². The number of halogens is 1. The molecule has 0 radical (unpaired) electrons. The van der Waals surface area contributed by atoms with Gasteiger partial charge in [0.05, 0.1) is 5.41 Å². The van der Waals surface area contributed by atoms with Gasteiger partial charge in [0.2, 0.25) is 5.91 Å². The highest BCUT2D eigenvalue weighted by atomic mass is 79.9. The first-order valence-corrected chi connectivity index (χ1v) is 12.3. The Labute approximate surface area is 183 Å². The normalized spacial score (nSPS) is 37.0. The summed E-state index contributed by atoms with van der Waals surface area (Å²) in [6.45, 7) is 7.25. The summed E-state index contributed by atoms with van der Waals surface area (Å²) in [7, 11) is 0. The maximum Gasteiger partial charge on any atom is 0.226 e. The summed E-state index contributed by atoms with van der Waals surface area (Å²) < 4.78 is 0.253. The molecule has 5 heteroatoms. The first-order valence-electron chi connectivity index (χ1n) is 11.5. The Morgan fingerprint density at radius 1 is 1.00 bits per heavy atom. The van der Waals surface area contributed by atoms with Crippen LogP contribution in [-0.2, 0) is 11.3 Å². The van der Waals surface area contributed by atoms with E-state index in [-0.39, 0.29) is 9.74 Å². The second kappa shape index (κ2) is 7.97. The van der Waals surface area contributed by atoms with E-state index in [0.717, 1.165) is 76.9 Å². The van der Waals surface area contributed by atoms with Crippen LogP contribution in [-0.4, -0.2) is 59.3 Å². The fraction of sp³-hybridized carbons (Fsp3) is 0.708. The monoisotopic (exact) mass is 459 g/mol. The fourth-order valence-electron chi connectivity index (χ4n) is 6.94. The maximum atomic E-state index is 13.2. The molecule has 4 aliphatic carbocycles. The lowest BCUT2D eigenvalue weighted by Gasteiger charge is -2.59. The standard InChI is InChI=1S/C24H34BrN3O/c25-24-15-20-12-21(16-24)14-23(13-20,18-24)22(29)26-6-7-27-8-10-28(11-9-27)17-19-4-2-1-3-5-19/h1-5,20-21H,6-18H2,(H,26,29). The van der Waals surface area contributed by atoms with Gasteiger partial charge in [0.15, 0.2) is 0 Å². The van der Waals surface area contributed by atoms with Crippen LogP contribution in [0.3, 0.4) is 0 Å². The Morgan fingerprint density at radius 3 is 2.31 bits per heavy atom. The Bertz CT molecular complexity index is 717. The molecule has 1 amide bonds. The summed E-state index contributed by atoms with van der Waals surface area (Å²) in [6, 6.07) is 10.7. The molecule has 1 heterocycles. The number of nitrogens with one attached hydrogen (secondary N) is 1. The van der Waals surface area contributed by atoms with Crippen LogP contribution in [0.15, 0.2) is 30.3 Å². The highest BCUT2D eigenvalue weighted by molar-refractivity contribution is 9.10. The van der Waals surface area contributed by atoms with Crippen LogP contribution in [0.5, 0.6) is 0 Å². The SMILES string of the molecule is O=C(NCCN1CCN(Cc2ccccc2)CC1)C12CC3CC(CC(Br)(C3)C1)C2. The van der Waals surface area contributed by atoms with Crippen LogP contribution < -0.4 is 5.32 Å². The van der Waals surface area contributed by atoms with Crippen molar-refractivity contribution in [3.05, 3.63) is 35.9 Å². The number of hydrogen-bond donors (Lipinski definition) is 1. The van der Waals surface area contributed by atoms with E-state index in [1.165, 1.54) is 24.8 Å². The molecule has 2 atom stereocenters. The lowest BCUT2D eigenvalue weighted by molar-refractivity contribution is -0.144. The van der Waals surface area contributed by atoms with Crippen molar-refractivity contribution in [3.63, 3.8) is 0 Å². The average molecular weight is 460 g/mol. The molecule has 1 aromatic rings. The van der Waals surface area contributed by atoms with E-state index in [4.69, 9.17) is 0 Å². The lowest BCUT2D eigenvalue weighted by atomic mass is 9.49. The molecule has 0 spiro atoms. The van der Waals surface area contributed by atoms with E-state index in [1.54, 1.807) is 0 Å². The van der Waals surface area contributed by atoms with Crippen molar-refractivity contribution in [2.24, 2.45) is 17.3 Å². The zero-order chi connectivity index (χ0) is 19.9. The third-order valence-electron chi connectivity index (χ3n) is 7.90. The van der Waals surface area contributed by atoms with Gasteiger partial charge in [0, 0.05) is 50.1 Å². The first kappa shape index (κ1) is 20.0. The van der Waals surface area contributed by atoms with Crippen molar-refractivity contribution in [2.45, 2.75) is 49.4 Å². The van der Waals surface area contributed by atoms with Crippen LogP contribution in [0.25, 0.3) is 0 Å². The van der Waals surface area contributed by atoms with Crippen molar-refractivity contribution < 1.29 is 4.79 Å². The van der Waals surface area contributed by atoms with Crippen molar-refractivity contribution in [2.75, 3.05) is 39.3 Å². The minimum Gasteiger partial charge on any atom is -0.354 e. The van der Waals surface area contributed by atoms with Gasteiger partial charge in [-0.1, -0.05) is 46.3 Å². The van der Waals surface area contributed by atoms with Crippen molar-refractivity contribution in [1.82, 2.24) is 15.1 Å². The van der Waals surface area contributed by atoms with E-state index < -0.39 is 0 Å². The molecule has 158 valence electrons. The second-order valence-corrected chi connectivity index (χ2v) is 11.9. The molecular weight excluding hydrogens is 426 g/mol. The highest BCUT2D eigenvalue weighted by Gasteiger charge is 2.59. The van der Waals surface area contributed by atoms with Gasteiger partial charge in [0.25, 0.3) is 0 Å². The molecule has 4 saturated carbocycles. The van der Waals surface area contributed by atoms with Gasteiger partial charge in [-0.2, -0.15) is 0 Å². The summed E-state index contributed by atoms with van der Waals surface area (Å²) in [5.74, 6) is 1.87. The molecule has 6 rings (SSSR count). The minimum atomic E-state index is -0.0814. The van der Waals surface area contributed by atoms with E-state index in [9.17, 15) is 4.79 Å². The molecule has 5 aliphatic rings. The third-order valence-corrected chi connectivity index (χ3v) is 8.83. The van der Waals surface area contributed by atoms with Crippen LogP contribution in [0.1, 0.15) is 44.1 Å². The van der Waals surface area contributed by atoms with E-state index >= 15 is 0 Å². The van der Waals surface area contributed by atoms with E-state index in [0.29, 0.717) is 5.91 Å². The summed E-state index contributed by atoms with van der Waals surface area (Å²) in [4.78, 5) is 18.2. The molecule has 4 nitrogen and oxygen atoms in total. The largest absolute Gasteiger partial charge is 0.354 e. The average Bonchev–Trinajstić information content (AvgIpc) is 2.68. The van der Waals surface area contributed by atoms with Crippen molar-refractivity contribution in [1.29, 1.82) is 0 Å². The molecule has 1 N–H and O–H groups in total. The van der Waals surface area contributed by atoms with Crippen LogP contribution in [0, 0.1) is 17.3 Å². The fourth-order valence-corrected chi connectivity index (χ4v) is 8.40. The molecule has 2 unspecified atom stereocenters. The second-order valence-electron chi connectivity index (χ2n) is 10.3. The number of benzene rings is 1.